The van der Waals surface area contributed by atoms with Crippen LogP contribution in [-0.4, -0.2) is 35.2 Å². The van der Waals surface area contributed by atoms with E-state index in [2.05, 4.69) is 10.3 Å². The van der Waals surface area contributed by atoms with Crippen LogP contribution < -0.4 is 5.32 Å². The van der Waals surface area contributed by atoms with Crippen molar-refractivity contribution in [3.8, 4) is 0 Å². The maximum atomic E-state index is 11.9. The quantitative estimate of drug-likeness (QED) is 0.887. The van der Waals surface area contributed by atoms with Gasteiger partial charge in [-0.2, -0.15) is 0 Å². The van der Waals surface area contributed by atoms with Crippen LogP contribution in [0.1, 0.15) is 12.1 Å². The number of carbonyl (C=O) groups is 1. The van der Waals surface area contributed by atoms with Gasteiger partial charge >= 0.3 is 0 Å². The molecule has 1 N–H and O–H groups in total. The molecule has 0 spiro atoms. The molecule has 1 atom stereocenters. The molecule has 0 saturated carbocycles. The molecule has 1 saturated heterocycles. The molecule has 7 heteroatoms. The van der Waals surface area contributed by atoms with Crippen molar-refractivity contribution in [2.75, 3.05) is 11.5 Å². The molecule has 0 unspecified atom stereocenters. The summed E-state index contributed by atoms with van der Waals surface area (Å²) >= 11 is 0. The van der Waals surface area contributed by atoms with Crippen LogP contribution in [0, 0.1) is 5.92 Å². The van der Waals surface area contributed by atoms with E-state index in [4.69, 9.17) is 0 Å². The minimum Gasteiger partial charge on any atom is -0.350 e. The highest BCUT2D eigenvalue weighted by Crippen LogP contribution is 2.18. The smallest absolute Gasteiger partial charge is 0.224 e. The third-order valence-corrected chi connectivity index (χ3v) is 5.23. The minimum atomic E-state index is -3.02. The highest BCUT2D eigenvalue weighted by molar-refractivity contribution is 7.91. The van der Waals surface area contributed by atoms with E-state index in [9.17, 15) is 13.2 Å². The van der Waals surface area contributed by atoms with Crippen LogP contribution in [0.25, 0.3) is 5.65 Å². The normalized spacial score (nSPS) is 21.1. The van der Waals surface area contributed by atoms with Gasteiger partial charge in [-0.1, -0.05) is 6.07 Å². The number of rotatable bonds is 3. The van der Waals surface area contributed by atoms with Gasteiger partial charge in [0, 0.05) is 12.4 Å². The molecule has 0 aromatic carbocycles. The maximum absolute atomic E-state index is 11.9. The first-order valence-electron chi connectivity index (χ1n) is 6.44. The second-order valence-electron chi connectivity index (χ2n) is 5.02. The number of nitrogens with one attached hydrogen (secondary N) is 1. The standard InChI is InChI=1S/C13H15N3O3S/c17-13(10-4-6-20(18,19)9-10)14-7-11-8-16-5-2-1-3-12(16)15-11/h1-3,5,8,10H,4,6-7,9H2,(H,14,17)/t10-/m0/s1. The molecule has 1 amide bonds. The predicted molar refractivity (Wildman–Crippen MR) is 73.8 cm³/mol. The number of imidazole rings is 1. The molecule has 20 heavy (non-hydrogen) atoms. The fourth-order valence-corrected chi connectivity index (χ4v) is 4.14. The van der Waals surface area contributed by atoms with Crippen LogP contribution in [0.3, 0.4) is 0 Å². The molecule has 3 rings (SSSR count). The van der Waals surface area contributed by atoms with Crippen LogP contribution in [0.5, 0.6) is 0 Å². The molecular formula is C13H15N3O3S. The fraction of sp³-hybridized carbons (Fsp3) is 0.385. The van der Waals surface area contributed by atoms with Gasteiger partial charge in [0.25, 0.3) is 0 Å². The van der Waals surface area contributed by atoms with E-state index in [0.29, 0.717) is 13.0 Å². The van der Waals surface area contributed by atoms with Crippen LogP contribution in [0.2, 0.25) is 0 Å². The van der Waals surface area contributed by atoms with E-state index >= 15 is 0 Å². The third-order valence-electron chi connectivity index (χ3n) is 3.46. The highest BCUT2D eigenvalue weighted by atomic mass is 32.2. The molecule has 1 fully saturated rings. The average molecular weight is 293 g/mol. The number of fused-ring (bicyclic) bond motifs is 1. The second kappa shape index (κ2) is 4.90. The van der Waals surface area contributed by atoms with Crippen molar-refractivity contribution in [1.82, 2.24) is 14.7 Å². The summed E-state index contributed by atoms with van der Waals surface area (Å²) in [6, 6.07) is 5.68. The topological polar surface area (TPSA) is 80.5 Å². The number of aromatic nitrogens is 2. The monoisotopic (exact) mass is 293 g/mol. The number of hydrogen-bond acceptors (Lipinski definition) is 4. The van der Waals surface area contributed by atoms with E-state index in [-0.39, 0.29) is 17.4 Å². The number of sulfone groups is 1. The van der Waals surface area contributed by atoms with Crippen molar-refractivity contribution in [2.45, 2.75) is 13.0 Å². The Morgan fingerprint density at radius 1 is 1.45 bits per heavy atom. The van der Waals surface area contributed by atoms with Gasteiger partial charge in [0.05, 0.1) is 29.7 Å². The SMILES string of the molecule is O=C(NCc1cn2ccccc2n1)[C@H]1CCS(=O)(=O)C1. The van der Waals surface area contributed by atoms with Crippen LogP contribution in [0.15, 0.2) is 30.6 Å². The van der Waals surface area contributed by atoms with Crippen molar-refractivity contribution in [3.63, 3.8) is 0 Å². The minimum absolute atomic E-state index is 0.0377. The zero-order chi connectivity index (χ0) is 14.2. The lowest BCUT2D eigenvalue weighted by Crippen LogP contribution is -2.31. The molecule has 1 aliphatic heterocycles. The summed E-state index contributed by atoms with van der Waals surface area (Å²) in [6.45, 7) is 0.317. The van der Waals surface area contributed by atoms with Crippen molar-refractivity contribution in [2.24, 2.45) is 5.92 Å². The lowest BCUT2D eigenvalue weighted by Gasteiger charge is -2.07. The highest BCUT2D eigenvalue weighted by Gasteiger charge is 2.32. The molecule has 0 bridgehead atoms. The molecule has 1 aliphatic rings. The summed E-state index contributed by atoms with van der Waals surface area (Å²) in [6.07, 6.45) is 4.15. The number of nitrogens with zero attached hydrogens (tertiary/aromatic N) is 2. The summed E-state index contributed by atoms with van der Waals surface area (Å²) < 4.78 is 24.6. The number of amides is 1. The van der Waals surface area contributed by atoms with Crippen molar-refractivity contribution < 1.29 is 13.2 Å². The first kappa shape index (κ1) is 13.1. The third kappa shape index (κ3) is 2.67. The lowest BCUT2D eigenvalue weighted by atomic mass is 10.1. The van der Waals surface area contributed by atoms with Gasteiger partial charge < -0.3 is 9.72 Å². The lowest BCUT2D eigenvalue weighted by molar-refractivity contribution is -0.124. The fourth-order valence-electron chi connectivity index (χ4n) is 2.40. The van der Waals surface area contributed by atoms with Gasteiger partial charge in [-0.05, 0) is 18.6 Å². The first-order chi connectivity index (χ1) is 9.53. The van der Waals surface area contributed by atoms with Crippen LogP contribution >= 0.6 is 0 Å². The number of hydrogen-bond donors (Lipinski definition) is 1. The van der Waals surface area contributed by atoms with Gasteiger partial charge in [-0.3, -0.25) is 4.79 Å². The Kier molecular flexibility index (Phi) is 3.21. The average Bonchev–Trinajstić information content (AvgIpc) is 2.98. The van der Waals surface area contributed by atoms with Crippen LogP contribution in [-0.2, 0) is 21.2 Å². The zero-order valence-electron chi connectivity index (χ0n) is 10.8. The van der Waals surface area contributed by atoms with E-state index in [1.165, 1.54) is 0 Å². The summed E-state index contributed by atoms with van der Waals surface area (Å²) in [7, 11) is -3.02. The molecule has 106 valence electrons. The van der Waals surface area contributed by atoms with Crippen molar-refractivity contribution in [3.05, 3.63) is 36.3 Å². The van der Waals surface area contributed by atoms with E-state index in [0.717, 1.165) is 11.3 Å². The zero-order valence-corrected chi connectivity index (χ0v) is 11.6. The Hall–Kier alpha value is -1.89. The van der Waals surface area contributed by atoms with Gasteiger partial charge in [-0.25, -0.2) is 13.4 Å². The molecular weight excluding hydrogens is 278 g/mol. The van der Waals surface area contributed by atoms with E-state index in [1.807, 2.05) is 35.0 Å². The molecule has 0 aliphatic carbocycles. The summed E-state index contributed by atoms with van der Waals surface area (Å²) in [5.74, 6) is -0.552. The van der Waals surface area contributed by atoms with E-state index in [1.54, 1.807) is 0 Å². The Balaban J connectivity index is 1.63. The van der Waals surface area contributed by atoms with Gasteiger partial charge in [-0.15, -0.1) is 0 Å². The van der Waals surface area contributed by atoms with Gasteiger partial charge in [0.1, 0.15) is 5.65 Å². The summed E-state index contributed by atoms with van der Waals surface area (Å²) in [4.78, 5) is 16.3. The summed E-state index contributed by atoms with van der Waals surface area (Å²) in [5, 5.41) is 2.76. The van der Waals surface area contributed by atoms with Gasteiger partial charge in [0.15, 0.2) is 9.84 Å². The van der Waals surface area contributed by atoms with Gasteiger partial charge in [0.2, 0.25) is 5.91 Å². The first-order valence-corrected chi connectivity index (χ1v) is 8.26. The summed E-state index contributed by atoms with van der Waals surface area (Å²) in [5.41, 5.74) is 1.57. The van der Waals surface area contributed by atoms with Crippen LogP contribution in [0.4, 0.5) is 0 Å². The Bertz CT molecular complexity index is 718. The molecule has 2 aromatic rings. The number of carbonyl (C=O) groups excluding carboxylic acids is 1. The Morgan fingerprint density at radius 3 is 3.00 bits per heavy atom. The second-order valence-corrected chi connectivity index (χ2v) is 7.24. The largest absolute Gasteiger partial charge is 0.350 e. The van der Waals surface area contributed by atoms with E-state index < -0.39 is 15.8 Å². The Labute approximate surface area is 116 Å². The molecule has 2 aromatic heterocycles. The molecule has 0 radical (unpaired) electrons. The molecule has 3 heterocycles. The predicted octanol–water partition coefficient (Wildman–Crippen LogP) is 0.385. The van der Waals surface area contributed by atoms with Crippen molar-refractivity contribution >= 4 is 21.4 Å². The van der Waals surface area contributed by atoms with Crippen molar-refractivity contribution in [1.29, 1.82) is 0 Å². The Morgan fingerprint density at radius 2 is 2.30 bits per heavy atom. The number of pyridine rings is 1. The molecule has 6 nitrogen and oxygen atoms in total. The maximum Gasteiger partial charge on any atom is 0.224 e.